The molecular weight excluding hydrogens is 310 g/mol. The molecule has 1 aromatic carbocycles. The van der Waals surface area contributed by atoms with Gasteiger partial charge in [-0.25, -0.2) is 9.78 Å². The van der Waals surface area contributed by atoms with Gasteiger partial charge in [-0.1, -0.05) is 19.3 Å². The number of rotatable bonds is 5. The van der Waals surface area contributed by atoms with E-state index in [-0.39, 0.29) is 0 Å². The highest BCUT2D eigenvalue weighted by Crippen LogP contribution is 2.30. The van der Waals surface area contributed by atoms with Gasteiger partial charge in [-0.2, -0.15) is 0 Å². The smallest absolute Gasteiger partial charge is 0.347 e. The Kier molecular flexibility index (Phi) is 4.96. The van der Waals surface area contributed by atoms with E-state index in [4.69, 9.17) is 9.84 Å². The maximum atomic E-state index is 11.1. The third-order valence-electron chi connectivity index (χ3n) is 4.30. The molecule has 1 heterocycles. The topological polar surface area (TPSA) is 59.4 Å². The fourth-order valence-electron chi connectivity index (χ4n) is 2.98. The van der Waals surface area contributed by atoms with Gasteiger partial charge in [0.15, 0.2) is 0 Å². The molecule has 1 fully saturated rings. The summed E-state index contributed by atoms with van der Waals surface area (Å²) in [6.45, 7) is 2.52. The summed E-state index contributed by atoms with van der Waals surface area (Å²) < 4.78 is 5.89. The highest BCUT2D eigenvalue weighted by Gasteiger charge is 2.16. The monoisotopic (exact) mass is 331 g/mol. The van der Waals surface area contributed by atoms with Gasteiger partial charge in [-0.15, -0.1) is 11.3 Å². The van der Waals surface area contributed by atoms with Crippen LogP contribution in [0.2, 0.25) is 0 Å². The number of carboxylic acid groups (broad SMARTS) is 1. The summed E-state index contributed by atoms with van der Waals surface area (Å²) >= 11 is 1.21. The molecule has 0 atom stereocenters. The first kappa shape index (κ1) is 16.0. The van der Waals surface area contributed by atoms with Gasteiger partial charge in [0.05, 0.1) is 12.3 Å². The third kappa shape index (κ3) is 3.91. The van der Waals surface area contributed by atoms with Crippen LogP contribution in [0, 0.1) is 12.8 Å². The summed E-state index contributed by atoms with van der Waals surface area (Å²) in [6, 6.07) is 7.77. The second kappa shape index (κ2) is 7.13. The van der Waals surface area contributed by atoms with E-state index in [9.17, 15) is 4.79 Å². The number of nitrogens with zero attached hydrogens (tertiary/aromatic N) is 1. The number of thiazole rings is 1. The van der Waals surface area contributed by atoms with Crippen LogP contribution in [0.3, 0.4) is 0 Å². The Morgan fingerprint density at radius 3 is 2.57 bits per heavy atom. The molecule has 2 aromatic rings. The van der Waals surface area contributed by atoms with Gasteiger partial charge >= 0.3 is 5.97 Å². The number of ether oxygens (including phenoxy) is 1. The molecule has 1 aromatic heterocycles. The normalized spacial score (nSPS) is 15.5. The molecule has 1 saturated carbocycles. The van der Waals surface area contributed by atoms with Crippen LogP contribution in [0.5, 0.6) is 5.75 Å². The average Bonchev–Trinajstić information content (AvgIpc) is 2.96. The van der Waals surface area contributed by atoms with Crippen molar-refractivity contribution in [3.63, 3.8) is 0 Å². The van der Waals surface area contributed by atoms with Gasteiger partial charge in [-0.05, 0) is 49.9 Å². The number of aryl methyl sites for hydroxylation is 1. The molecule has 23 heavy (non-hydrogen) atoms. The summed E-state index contributed by atoms with van der Waals surface area (Å²) in [6.07, 6.45) is 6.55. The SMILES string of the molecule is Cc1nc(-c2ccc(OCC3CCCCC3)cc2)sc1C(=O)O. The van der Waals surface area contributed by atoms with Crippen LogP contribution >= 0.6 is 11.3 Å². The predicted molar refractivity (Wildman–Crippen MR) is 91.3 cm³/mol. The lowest BCUT2D eigenvalue weighted by atomic mass is 9.90. The Balaban J connectivity index is 1.64. The molecular formula is C18H21NO3S. The lowest BCUT2D eigenvalue weighted by molar-refractivity contribution is 0.0701. The molecule has 1 aliphatic carbocycles. The number of carboxylic acids is 1. The standard InChI is InChI=1S/C18H21NO3S/c1-12-16(18(20)21)23-17(19-12)14-7-9-15(10-8-14)22-11-13-5-3-2-4-6-13/h7-10,13H,2-6,11H2,1H3,(H,20,21). The molecule has 0 unspecified atom stereocenters. The van der Waals surface area contributed by atoms with Crippen molar-refractivity contribution in [1.29, 1.82) is 0 Å². The van der Waals surface area contributed by atoms with E-state index in [2.05, 4.69) is 4.98 Å². The Bertz CT molecular complexity index is 672. The Labute approximate surface area is 140 Å². The zero-order valence-electron chi connectivity index (χ0n) is 13.2. The molecule has 1 N–H and O–H groups in total. The van der Waals surface area contributed by atoms with Crippen molar-refractivity contribution in [2.45, 2.75) is 39.0 Å². The van der Waals surface area contributed by atoms with Gasteiger partial charge in [-0.3, -0.25) is 0 Å². The Morgan fingerprint density at radius 1 is 1.26 bits per heavy atom. The fraction of sp³-hybridized carbons (Fsp3) is 0.444. The molecule has 0 aliphatic heterocycles. The van der Waals surface area contributed by atoms with Crippen LogP contribution in [0.15, 0.2) is 24.3 Å². The fourth-order valence-corrected chi connectivity index (χ4v) is 3.89. The maximum absolute atomic E-state index is 11.1. The molecule has 4 nitrogen and oxygen atoms in total. The van der Waals surface area contributed by atoms with Crippen LogP contribution < -0.4 is 4.74 Å². The van der Waals surface area contributed by atoms with Crippen molar-refractivity contribution >= 4 is 17.3 Å². The second-order valence-electron chi connectivity index (χ2n) is 6.08. The minimum absolute atomic E-state index is 0.303. The molecule has 0 radical (unpaired) electrons. The number of aromatic carboxylic acids is 1. The quantitative estimate of drug-likeness (QED) is 0.857. The van der Waals surface area contributed by atoms with E-state index in [0.29, 0.717) is 16.5 Å². The van der Waals surface area contributed by atoms with E-state index in [0.717, 1.165) is 22.9 Å². The van der Waals surface area contributed by atoms with Crippen LogP contribution in [0.4, 0.5) is 0 Å². The number of aromatic nitrogens is 1. The number of hydrogen-bond acceptors (Lipinski definition) is 4. The van der Waals surface area contributed by atoms with Crippen molar-refractivity contribution in [3.05, 3.63) is 34.8 Å². The van der Waals surface area contributed by atoms with Crippen molar-refractivity contribution in [2.75, 3.05) is 6.61 Å². The predicted octanol–water partition coefficient (Wildman–Crippen LogP) is 4.78. The van der Waals surface area contributed by atoms with Crippen molar-refractivity contribution in [3.8, 4) is 16.3 Å². The Morgan fingerprint density at radius 2 is 1.96 bits per heavy atom. The first-order valence-corrected chi connectivity index (χ1v) is 8.89. The van der Waals surface area contributed by atoms with Gasteiger partial charge < -0.3 is 9.84 Å². The van der Waals surface area contributed by atoms with E-state index >= 15 is 0 Å². The van der Waals surface area contributed by atoms with E-state index in [1.165, 1.54) is 43.4 Å². The van der Waals surface area contributed by atoms with Gasteiger partial charge in [0.2, 0.25) is 0 Å². The molecule has 1 aliphatic rings. The number of carbonyl (C=O) groups is 1. The summed E-state index contributed by atoms with van der Waals surface area (Å²) in [5, 5.41) is 9.85. The van der Waals surface area contributed by atoms with Gasteiger partial charge in [0.1, 0.15) is 15.6 Å². The van der Waals surface area contributed by atoms with Gasteiger partial charge in [0, 0.05) is 5.56 Å². The molecule has 0 amide bonds. The first-order chi connectivity index (χ1) is 11.1. The van der Waals surface area contributed by atoms with Crippen molar-refractivity contribution in [2.24, 2.45) is 5.92 Å². The molecule has 3 rings (SSSR count). The molecule has 0 bridgehead atoms. The molecule has 0 saturated heterocycles. The zero-order chi connectivity index (χ0) is 16.2. The first-order valence-electron chi connectivity index (χ1n) is 8.07. The summed E-state index contributed by atoms with van der Waals surface area (Å²) in [5.74, 6) is 0.632. The van der Waals surface area contributed by atoms with Crippen molar-refractivity contribution < 1.29 is 14.6 Å². The average molecular weight is 331 g/mol. The summed E-state index contributed by atoms with van der Waals surface area (Å²) in [5.41, 5.74) is 1.49. The van der Waals surface area contributed by atoms with E-state index in [1.54, 1.807) is 6.92 Å². The largest absolute Gasteiger partial charge is 0.493 e. The maximum Gasteiger partial charge on any atom is 0.347 e. The van der Waals surface area contributed by atoms with Crippen LogP contribution in [0.25, 0.3) is 10.6 Å². The summed E-state index contributed by atoms with van der Waals surface area (Å²) in [7, 11) is 0. The lowest BCUT2D eigenvalue weighted by Crippen LogP contribution is -2.15. The third-order valence-corrected chi connectivity index (χ3v) is 5.50. The highest BCUT2D eigenvalue weighted by atomic mass is 32.1. The molecule has 5 heteroatoms. The van der Waals surface area contributed by atoms with Crippen LogP contribution in [0.1, 0.15) is 47.5 Å². The highest BCUT2D eigenvalue weighted by molar-refractivity contribution is 7.17. The van der Waals surface area contributed by atoms with Gasteiger partial charge in [0.25, 0.3) is 0 Å². The van der Waals surface area contributed by atoms with Crippen LogP contribution in [-0.4, -0.2) is 22.7 Å². The number of benzene rings is 1. The number of hydrogen-bond donors (Lipinski definition) is 1. The minimum Gasteiger partial charge on any atom is -0.493 e. The second-order valence-corrected chi connectivity index (χ2v) is 7.08. The van der Waals surface area contributed by atoms with E-state index < -0.39 is 5.97 Å². The summed E-state index contributed by atoms with van der Waals surface area (Å²) in [4.78, 5) is 15.8. The Hall–Kier alpha value is -1.88. The van der Waals surface area contributed by atoms with Crippen LogP contribution in [-0.2, 0) is 0 Å². The molecule has 0 spiro atoms. The minimum atomic E-state index is -0.918. The van der Waals surface area contributed by atoms with E-state index in [1.807, 2.05) is 24.3 Å². The molecule has 122 valence electrons. The lowest BCUT2D eigenvalue weighted by Gasteiger charge is -2.21. The zero-order valence-corrected chi connectivity index (χ0v) is 14.1. The van der Waals surface area contributed by atoms with Crippen molar-refractivity contribution in [1.82, 2.24) is 4.98 Å².